The van der Waals surface area contributed by atoms with Crippen molar-refractivity contribution in [2.75, 3.05) is 6.61 Å². The molecular weight excluding hydrogens is 195 g/mol. The van der Waals surface area contributed by atoms with E-state index in [1.165, 1.54) is 0 Å². The fourth-order valence-electron chi connectivity index (χ4n) is 1.02. The zero-order chi connectivity index (χ0) is 8.97. The van der Waals surface area contributed by atoms with Crippen LogP contribution < -0.4 is 0 Å². The summed E-state index contributed by atoms with van der Waals surface area (Å²) >= 11 is 11.8. The van der Waals surface area contributed by atoms with Crippen LogP contribution in [0.25, 0.3) is 0 Å². The summed E-state index contributed by atoms with van der Waals surface area (Å²) in [6.45, 7) is -0.0818. The maximum atomic E-state index is 10.2. The van der Waals surface area contributed by atoms with Crippen LogP contribution in [0.5, 0.6) is 0 Å². The molecule has 0 heterocycles. The average molecular weight is 204 g/mol. The second-order valence-electron chi connectivity index (χ2n) is 2.51. The molecule has 1 aromatic rings. The quantitative estimate of drug-likeness (QED) is 0.719. The number of rotatable bonds is 3. The minimum atomic E-state index is -0.0818. The fraction of sp³-hybridized carbons (Fsp3) is 0.333. The molecule has 0 N–H and O–H groups in total. The Morgan fingerprint density at radius 2 is 1.75 bits per heavy atom. The molecule has 1 radical (unpaired) electrons. The predicted octanol–water partition coefficient (Wildman–Crippen LogP) is 3.36. The SMILES string of the molecule is [O]CCCc1c(Cl)cccc1Cl. The van der Waals surface area contributed by atoms with E-state index in [2.05, 4.69) is 0 Å². The Labute approximate surface area is 81.9 Å². The topological polar surface area (TPSA) is 19.9 Å². The molecule has 1 rings (SSSR count). The molecule has 0 aliphatic heterocycles. The molecule has 0 fully saturated rings. The molecule has 0 saturated carbocycles. The highest BCUT2D eigenvalue weighted by Gasteiger charge is 2.03. The first-order valence-electron chi connectivity index (χ1n) is 3.76. The van der Waals surface area contributed by atoms with E-state index in [9.17, 15) is 5.11 Å². The molecule has 0 saturated heterocycles. The molecule has 0 aliphatic carbocycles. The maximum Gasteiger partial charge on any atom is 0.0825 e. The van der Waals surface area contributed by atoms with Crippen LogP contribution >= 0.6 is 23.2 Å². The van der Waals surface area contributed by atoms with Crippen LogP contribution in [-0.4, -0.2) is 6.61 Å². The second kappa shape index (κ2) is 4.70. The fourth-order valence-corrected chi connectivity index (χ4v) is 1.61. The third-order valence-electron chi connectivity index (χ3n) is 1.63. The van der Waals surface area contributed by atoms with Crippen LogP contribution in [0.1, 0.15) is 12.0 Å². The van der Waals surface area contributed by atoms with Crippen molar-refractivity contribution in [2.24, 2.45) is 0 Å². The second-order valence-corrected chi connectivity index (χ2v) is 3.32. The molecule has 65 valence electrons. The average Bonchev–Trinajstić information content (AvgIpc) is 2.04. The lowest BCUT2D eigenvalue weighted by Gasteiger charge is -2.04. The first-order valence-corrected chi connectivity index (χ1v) is 4.52. The normalized spacial score (nSPS) is 10.2. The van der Waals surface area contributed by atoms with E-state index in [1.807, 2.05) is 0 Å². The summed E-state index contributed by atoms with van der Waals surface area (Å²) < 4.78 is 0. The van der Waals surface area contributed by atoms with Gasteiger partial charge < -0.3 is 0 Å². The monoisotopic (exact) mass is 203 g/mol. The number of hydrogen-bond donors (Lipinski definition) is 0. The first-order chi connectivity index (χ1) is 5.75. The van der Waals surface area contributed by atoms with E-state index in [4.69, 9.17) is 23.2 Å². The molecule has 12 heavy (non-hydrogen) atoms. The molecule has 0 bridgehead atoms. The van der Waals surface area contributed by atoms with E-state index in [-0.39, 0.29) is 6.61 Å². The first kappa shape index (κ1) is 9.85. The zero-order valence-electron chi connectivity index (χ0n) is 6.52. The Hall–Kier alpha value is -0.240. The minimum Gasteiger partial charge on any atom is -0.237 e. The number of hydrogen-bond acceptors (Lipinski definition) is 0. The molecule has 0 amide bonds. The molecule has 0 aromatic heterocycles. The molecule has 0 unspecified atom stereocenters. The van der Waals surface area contributed by atoms with E-state index in [0.29, 0.717) is 22.9 Å². The van der Waals surface area contributed by atoms with Crippen LogP contribution in [0.4, 0.5) is 0 Å². The molecular formula is C9H9Cl2O. The van der Waals surface area contributed by atoms with Crippen LogP contribution in [-0.2, 0) is 11.5 Å². The molecule has 3 heteroatoms. The van der Waals surface area contributed by atoms with Gasteiger partial charge in [-0.2, -0.15) is 0 Å². The van der Waals surface area contributed by atoms with Gasteiger partial charge in [-0.15, -0.1) is 0 Å². The van der Waals surface area contributed by atoms with Gasteiger partial charge in [0.15, 0.2) is 0 Å². The van der Waals surface area contributed by atoms with Crippen molar-refractivity contribution in [3.63, 3.8) is 0 Å². The van der Waals surface area contributed by atoms with Gasteiger partial charge in [0, 0.05) is 10.0 Å². The van der Waals surface area contributed by atoms with Gasteiger partial charge in [-0.1, -0.05) is 29.3 Å². The number of halogens is 2. The maximum absolute atomic E-state index is 10.2. The van der Waals surface area contributed by atoms with Gasteiger partial charge in [-0.25, -0.2) is 5.11 Å². The van der Waals surface area contributed by atoms with E-state index >= 15 is 0 Å². The highest BCUT2D eigenvalue weighted by atomic mass is 35.5. The van der Waals surface area contributed by atoms with Gasteiger partial charge in [-0.05, 0) is 30.5 Å². The molecule has 1 aromatic carbocycles. The Balaban J connectivity index is 2.81. The van der Waals surface area contributed by atoms with Crippen LogP contribution in [0.15, 0.2) is 18.2 Å². The Morgan fingerprint density at radius 1 is 1.17 bits per heavy atom. The zero-order valence-corrected chi connectivity index (χ0v) is 8.03. The lowest BCUT2D eigenvalue weighted by Crippen LogP contribution is -1.90. The highest BCUT2D eigenvalue weighted by Crippen LogP contribution is 2.25. The van der Waals surface area contributed by atoms with Gasteiger partial charge in [0.05, 0.1) is 6.61 Å². The lowest BCUT2D eigenvalue weighted by molar-refractivity contribution is 0.189. The Bertz CT molecular complexity index is 240. The predicted molar refractivity (Wildman–Crippen MR) is 50.3 cm³/mol. The summed E-state index contributed by atoms with van der Waals surface area (Å²) in [5.74, 6) is 0. The standard InChI is InChI=1S/C9H9Cl2O/c10-8-4-1-5-9(11)7(8)3-2-6-12/h1,4-5H,2-3,6H2. The van der Waals surface area contributed by atoms with Crippen molar-refractivity contribution in [1.29, 1.82) is 0 Å². The molecule has 0 aliphatic rings. The van der Waals surface area contributed by atoms with Gasteiger partial charge in [0.1, 0.15) is 0 Å². The molecule has 1 nitrogen and oxygen atoms in total. The Morgan fingerprint density at radius 3 is 2.25 bits per heavy atom. The summed E-state index contributed by atoms with van der Waals surface area (Å²) in [5.41, 5.74) is 0.886. The van der Waals surface area contributed by atoms with Gasteiger partial charge in [0.25, 0.3) is 0 Å². The van der Waals surface area contributed by atoms with Crippen molar-refractivity contribution >= 4 is 23.2 Å². The number of benzene rings is 1. The van der Waals surface area contributed by atoms with Crippen LogP contribution in [0.3, 0.4) is 0 Å². The third-order valence-corrected chi connectivity index (χ3v) is 2.34. The van der Waals surface area contributed by atoms with Crippen molar-refractivity contribution < 1.29 is 5.11 Å². The summed E-state index contributed by atoms with van der Waals surface area (Å²) in [4.78, 5) is 0. The van der Waals surface area contributed by atoms with Crippen LogP contribution in [0.2, 0.25) is 10.0 Å². The van der Waals surface area contributed by atoms with Crippen molar-refractivity contribution in [3.8, 4) is 0 Å². The Kier molecular flexibility index (Phi) is 3.86. The molecule has 0 atom stereocenters. The van der Waals surface area contributed by atoms with Crippen molar-refractivity contribution in [2.45, 2.75) is 12.8 Å². The van der Waals surface area contributed by atoms with E-state index < -0.39 is 0 Å². The van der Waals surface area contributed by atoms with Crippen molar-refractivity contribution in [1.82, 2.24) is 0 Å². The van der Waals surface area contributed by atoms with E-state index in [0.717, 1.165) is 5.56 Å². The lowest BCUT2D eigenvalue weighted by atomic mass is 10.1. The summed E-state index contributed by atoms with van der Waals surface area (Å²) in [7, 11) is 0. The van der Waals surface area contributed by atoms with Gasteiger partial charge in [-0.3, -0.25) is 0 Å². The summed E-state index contributed by atoms with van der Waals surface area (Å²) in [6, 6.07) is 5.37. The third kappa shape index (κ3) is 2.37. The largest absolute Gasteiger partial charge is 0.237 e. The van der Waals surface area contributed by atoms with Crippen LogP contribution in [0, 0.1) is 0 Å². The summed E-state index contributed by atoms with van der Waals surface area (Å²) in [5, 5.41) is 11.5. The highest BCUT2D eigenvalue weighted by molar-refractivity contribution is 6.35. The van der Waals surface area contributed by atoms with Gasteiger partial charge >= 0.3 is 0 Å². The molecule has 0 spiro atoms. The summed E-state index contributed by atoms with van der Waals surface area (Å²) in [6.07, 6.45) is 1.26. The minimum absolute atomic E-state index is 0.0818. The smallest absolute Gasteiger partial charge is 0.0825 e. The van der Waals surface area contributed by atoms with E-state index in [1.54, 1.807) is 18.2 Å². The van der Waals surface area contributed by atoms with Crippen molar-refractivity contribution in [3.05, 3.63) is 33.8 Å². The van der Waals surface area contributed by atoms with Gasteiger partial charge in [0.2, 0.25) is 0 Å².